The van der Waals surface area contributed by atoms with E-state index >= 15 is 0 Å². The molecule has 0 fully saturated rings. The summed E-state index contributed by atoms with van der Waals surface area (Å²) in [6.07, 6.45) is 0.342. The van der Waals surface area contributed by atoms with Crippen molar-refractivity contribution in [2.45, 2.75) is 32.1 Å². The van der Waals surface area contributed by atoms with Crippen molar-refractivity contribution in [3.8, 4) is 0 Å². The van der Waals surface area contributed by atoms with Crippen LogP contribution in [0.2, 0.25) is 0 Å². The van der Waals surface area contributed by atoms with Crippen LogP contribution in [0.15, 0.2) is 0 Å². The van der Waals surface area contributed by atoms with Crippen molar-refractivity contribution in [1.29, 1.82) is 0 Å². The molecule has 3 heteroatoms. The average Bonchev–Trinajstić information content (AvgIpc) is 1.86. The fourth-order valence-corrected chi connectivity index (χ4v) is 0.537. The summed E-state index contributed by atoms with van der Waals surface area (Å²) >= 11 is 0. The second-order valence-electron chi connectivity index (χ2n) is 2.24. The summed E-state index contributed by atoms with van der Waals surface area (Å²) in [5.41, 5.74) is 0. The monoisotopic (exact) mass is 133 g/mol. The molecule has 0 saturated heterocycles. The molecular formula is C6H15NO2. The highest BCUT2D eigenvalue weighted by atomic mass is 16.5. The van der Waals surface area contributed by atoms with Crippen molar-refractivity contribution in [3.05, 3.63) is 0 Å². The lowest BCUT2D eigenvalue weighted by Crippen LogP contribution is -2.47. The number of nitrogens with one attached hydrogen (secondary N) is 1. The third-order valence-electron chi connectivity index (χ3n) is 1.65. The van der Waals surface area contributed by atoms with Crippen LogP contribution in [0.3, 0.4) is 0 Å². The van der Waals surface area contributed by atoms with Crippen LogP contribution in [0.4, 0.5) is 0 Å². The molecule has 0 aromatic rings. The minimum Gasteiger partial charge on any atom is -0.364 e. The molecule has 0 aromatic heterocycles. The Hall–Kier alpha value is -0.120. The Labute approximate surface area is 55.7 Å². The van der Waals surface area contributed by atoms with Gasteiger partial charge in [0.05, 0.1) is 6.04 Å². The smallest absolute Gasteiger partial charge is 0.177 e. The minimum atomic E-state index is -1.56. The standard InChI is InChI=1S/C6H15NO2/c1-4-6(8,9)5(2)7-3/h5,7-9H,4H2,1-3H3. The molecule has 1 unspecified atom stereocenters. The molecule has 0 bridgehead atoms. The topological polar surface area (TPSA) is 52.5 Å². The van der Waals surface area contributed by atoms with Crippen LogP contribution in [-0.2, 0) is 0 Å². The Balaban J connectivity index is 3.80. The molecule has 1 atom stereocenters. The fourth-order valence-electron chi connectivity index (χ4n) is 0.537. The maximum atomic E-state index is 9.08. The van der Waals surface area contributed by atoms with Crippen molar-refractivity contribution in [2.75, 3.05) is 7.05 Å². The highest BCUT2D eigenvalue weighted by Crippen LogP contribution is 2.09. The molecule has 0 radical (unpaired) electrons. The highest BCUT2D eigenvalue weighted by Gasteiger charge is 2.26. The summed E-state index contributed by atoms with van der Waals surface area (Å²) in [4.78, 5) is 0. The van der Waals surface area contributed by atoms with Gasteiger partial charge in [-0.05, 0) is 20.4 Å². The summed E-state index contributed by atoms with van der Waals surface area (Å²) < 4.78 is 0. The largest absolute Gasteiger partial charge is 0.364 e. The molecule has 0 saturated carbocycles. The van der Waals surface area contributed by atoms with E-state index in [0.717, 1.165) is 0 Å². The van der Waals surface area contributed by atoms with Crippen LogP contribution in [0.1, 0.15) is 20.3 Å². The molecule has 0 heterocycles. The van der Waals surface area contributed by atoms with Gasteiger partial charge in [-0.1, -0.05) is 6.92 Å². The summed E-state index contributed by atoms with van der Waals surface area (Å²) in [7, 11) is 1.70. The lowest BCUT2D eigenvalue weighted by molar-refractivity contribution is -0.180. The molecule has 0 aromatic carbocycles. The van der Waals surface area contributed by atoms with Crippen LogP contribution in [0, 0.1) is 0 Å². The van der Waals surface area contributed by atoms with Gasteiger partial charge in [-0.2, -0.15) is 0 Å². The average molecular weight is 133 g/mol. The van der Waals surface area contributed by atoms with Crippen molar-refractivity contribution in [3.63, 3.8) is 0 Å². The highest BCUT2D eigenvalue weighted by molar-refractivity contribution is 4.74. The minimum absolute atomic E-state index is 0.275. The van der Waals surface area contributed by atoms with E-state index in [9.17, 15) is 0 Å². The van der Waals surface area contributed by atoms with E-state index in [2.05, 4.69) is 5.32 Å². The molecular weight excluding hydrogens is 118 g/mol. The Bertz CT molecular complexity index is 83.1. The van der Waals surface area contributed by atoms with Gasteiger partial charge in [0.25, 0.3) is 0 Å². The van der Waals surface area contributed by atoms with Crippen molar-refractivity contribution in [2.24, 2.45) is 0 Å². The summed E-state index contributed by atoms with van der Waals surface area (Å²) in [6, 6.07) is -0.275. The van der Waals surface area contributed by atoms with Gasteiger partial charge in [0, 0.05) is 0 Å². The number of aliphatic hydroxyl groups is 2. The predicted octanol–water partition coefficient (Wildman–Crippen LogP) is -0.315. The molecule has 56 valence electrons. The summed E-state index contributed by atoms with van der Waals surface area (Å²) in [6.45, 7) is 3.46. The first kappa shape index (κ1) is 8.88. The van der Waals surface area contributed by atoms with E-state index in [1.165, 1.54) is 0 Å². The molecule has 0 aliphatic heterocycles. The van der Waals surface area contributed by atoms with Crippen molar-refractivity contribution >= 4 is 0 Å². The number of hydrogen-bond acceptors (Lipinski definition) is 3. The Morgan fingerprint density at radius 1 is 1.56 bits per heavy atom. The SMILES string of the molecule is CCC(O)(O)C(C)NC. The van der Waals surface area contributed by atoms with Gasteiger partial charge < -0.3 is 15.5 Å². The maximum Gasteiger partial charge on any atom is 0.177 e. The Kier molecular flexibility index (Phi) is 3.11. The van der Waals surface area contributed by atoms with E-state index < -0.39 is 5.79 Å². The van der Waals surface area contributed by atoms with Gasteiger partial charge >= 0.3 is 0 Å². The third kappa shape index (κ3) is 2.30. The second-order valence-corrected chi connectivity index (χ2v) is 2.24. The first-order valence-corrected chi connectivity index (χ1v) is 3.16. The van der Waals surface area contributed by atoms with Crippen LogP contribution in [0.5, 0.6) is 0 Å². The van der Waals surface area contributed by atoms with E-state index in [-0.39, 0.29) is 6.04 Å². The predicted molar refractivity (Wildman–Crippen MR) is 36.0 cm³/mol. The van der Waals surface area contributed by atoms with E-state index in [0.29, 0.717) is 6.42 Å². The van der Waals surface area contributed by atoms with Gasteiger partial charge in [-0.3, -0.25) is 0 Å². The molecule has 3 nitrogen and oxygen atoms in total. The third-order valence-corrected chi connectivity index (χ3v) is 1.65. The number of likely N-dealkylation sites (N-methyl/N-ethyl adjacent to an activating group) is 1. The Morgan fingerprint density at radius 2 is 2.00 bits per heavy atom. The lowest BCUT2D eigenvalue weighted by Gasteiger charge is -2.26. The van der Waals surface area contributed by atoms with Crippen LogP contribution in [0.25, 0.3) is 0 Å². The summed E-state index contributed by atoms with van der Waals surface area (Å²) in [5, 5.41) is 20.9. The normalized spacial score (nSPS) is 15.7. The zero-order valence-corrected chi connectivity index (χ0v) is 6.18. The molecule has 3 N–H and O–H groups in total. The summed E-state index contributed by atoms with van der Waals surface area (Å²) in [5.74, 6) is -1.56. The number of hydrogen-bond donors (Lipinski definition) is 3. The van der Waals surface area contributed by atoms with Crippen LogP contribution in [-0.4, -0.2) is 29.1 Å². The molecule has 0 spiro atoms. The molecule has 0 aliphatic carbocycles. The molecule has 0 amide bonds. The first-order valence-electron chi connectivity index (χ1n) is 3.16. The van der Waals surface area contributed by atoms with Crippen LogP contribution < -0.4 is 5.32 Å². The second kappa shape index (κ2) is 3.15. The van der Waals surface area contributed by atoms with E-state index in [4.69, 9.17) is 10.2 Å². The molecule has 0 aliphatic rings. The van der Waals surface area contributed by atoms with Gasteiger partial charge in [0.2, 0.25) is 0 Å². The van der Waals surface area contributed by atoms with Gasteiger partial charge in [0.1, 0.15) is 0 Å². The molecule has 9 heavy (non-hydrogen) atoms. The van der Waals surface area contributed by atoms with Gasteiger partial charge in [-0.15, -0.1) is 0 Å². The maximum absolute atomic E-state index is 9.08. The van der Waals surface area contributed by atoms with Crippen LogP contribution >= 0.6 is 0 Å². The van der Waals surface area contributed by atoms with E-state index in [1.54, 1.807) is 20.9 Å². The fraction of sp³-hybridized carbons (Fsp3) is 1.00. The Morgan fingerprint density at radius 3 is 2.11 bits per heavy atom. The van der Waals surface area contributed by atoms with Crippen molar-refractivity contribution < 1.29 is 10.2 Å². The quantitative estimate of drug-likeness (QED) is 0.463. The number of rotatable bonds is 3. The lowest BCUT2D eigenvalue weighted by atomic mass is 10.1. The zero-order valence-electron chi connectivity index (χ0n) is 6.18. The van der Waals surface area contributed by atoms with Gasteiger partial charge in [-0.25, -0.2) is 0 Å². The van der Waals surface area contributed by atoms with Gasteiger partial charge in [0.15, 0.2) is 5.79 Å². The first-order chi connectivity index (χ1) is 4.04. The van der Waals surface area contributed by atoms with E-state index in [1.807, 2.05) is 0 Å². The molecule has 0 rings (SSSR count). The zero-order chi connectivity index (χ0) is 7.49. The van der Waals surface area contributed by atoms with Crippen molar-refractivity contribution in [1.82, 2.24) is 5.32 Å².